The fourth-order valence-electron chi connectivity index (χ4n) is 2.40. The molecule has 0 saturated heterocycles. The summed E-state index contributed by atoms with van der Waals surface area (Å²) in [6.45, 7) is -0.0228. The van der Waals surface area contributed by atoms with Crippen LogP contribution in [0, 0.1) is 5.82 Å². The molecule has 0 spiro atoms. The minimum atomic E-state index is -3.74. The lowest BCUT2D eigenvalue weighted by Crippen LogP contribution is -2.40. The van der Waals surface area contributed by atoms with Gasteiger partial charge in [0.25, 0.3) is 0 Å². The SMILES string of the molecule is CS(=O)(=O)N(CC(=O)NCCCc1ccc(Cl)cc1)c1ccc(F)c(Cl)c1. The maximum Gasteiger partial charge on any atom is 0.240 e. The van der Waals surface area contributed by atoms with Crippen molar-refractivity contribution in [2.24, 2.45) is 0 Å². The van der Waals surface area contributed by atoms with Crippen LogP contribution in [-0.2, 0) is 21.2 Å². The molecule has 0 bridgehead atoms. The zero-order chi connectivity index (χ0) is 20.0. The molecule has 0 radical (unpaired) electrons. The van der Waals surface area contributed by atoms with E-state index in [4.69, 9.17) is 23.2 Å². The van der Waals surface area contributed by atoms with E-state index in [0.29, 0.717) is 18.0 Å². The third-order valence-electron chi connectivity index (χ3n) is 3.76. The molecule has 0 heterocycles. The molecular weight excluding hydrogens is 414 g/mol. The number of carbonyl (C=O) groups is 1. The monoisotopic (exact) mass is 432 g/mol. The summed E-state index contributed by atoms with van der Waals surface area (Å²) >= 11 is 11.5. The van der Waals surface area contributed by atoms with E-state index in [1.807, 2.05) is 12.1 Å². The van der Waals surface area contributed by atoms with Crippen LogP contribution in [0.3, 0.4) is 0 Å². The first kappa shape index (κ1) is 21.5. The van der Waals surface area contributed by atoms with Gasteiger partial charge in [-0.3, -0.25) is 9.10 Å². The smallest absolute Gasteiger partial charge is 0.240 e. The van der Waals surface area contributed by atoms with E-state index in [-0.39, 0.29) is 10.7 Å². The number of carbonyl (C=O) groups excluding carboxylic acids is 1. The molecule has 146 valence electrons. The minimum absolute atomic E-state index is 0.125. The summed E-state index contributed by atoms with van der Waals surface area (Å²) in [6, 6.07) is 10.9. The molecule has 0 fully saturated rings. The van der Waals surface area contributed by atoms with Gasteiger partial charge in [0.1, 0.15) is 12.4 Å². The molecule has 5 nitrogen and oxygen atoms in total. The van der Waals surface area contributed by atoms with Crippen LogP contribution >= 0.6 is 23.2 Å². The molecule has 2 aromatic rings. The van der Waals surface area contributed by atoms with Gasteiger partial charge in [-0.1, -0.05) is 35.3 Å². The van der Waals surface area contributed by atoms with Gasteiger partial charge in [0.2, 0.25) is 15.9 Å². The number of benzene rings is 2. The summed E-state index contributed by atoms with van der Waals surface area (Å²) in [5, 5.41) is 3.13. The summed E-state index contributed by atoms with van der Waals surface area (Å²) in [5.74, 6) is -1.13. The van der Waals surface area contributed by atoms with Gasteiger partial charge in [0.15, 0.2) is 0 Å². The van der Waals surface area contributed by atoms with Gasteiger partial charge in [0.05, 0.1) is 17.0 Å². The molecule has 27 heavy (non-hydrogen) atoms. The molecule has 2 rings (SSSR count). The largest absolute Gasteiger partial charge is 0.355 e. The summed E-state index contributed by atoms with van der Waals surface area (Å²) in [6.07, 6.45) is 2.41. The number of nitrogens with zero attached hydrogens (tertiary/aromatic N) is 1. The summed E-state index contributed by atoms with van der Waals surface area (Å²) in [4.78, 5) is 12.1. The van der Waals surface area contributed by atoms with Crippen molar-refractivity contribution < 1.29 is 17.6 Å². The number of nitrogens with one attached hydrogen (secondary N) is 1. The molecule has 0 aliphatic heterocycles. The van der Waals surface area contributed by atoms with Crippen molar-refractivity contribution in [1.29, 1.82) is 0 Å². The average Bonchev–Trinajstić information content (AvgIpc) is 2.60. The molecule has 9 heteroatoms. The van der Waals surface area contributed by atoms with Gasteiger partial charge in [-0.25, -0.2) is 12.8 Å². The van der Waals surface area contributed by atoms with Crippen molar-refractivity contribution in [2.75, 3.05) is 23.7 Å². The Balaban J connectivity index is 1.92. The van der Waals surface area contributed by atoms with Crippen molar-refractivity contribution in [3.8, 4) is 0 Å². The van der Waals surface area contributed by atoms with Crippen LogP contribution in [0.15, 0.2) is 42.5 Å². The summed E-state index contributed by atoms with van der Waals surface area (Å²) in [5.41, 5.74) is 1.22. The van der Waals surface area contributed by atoms with Crippen LogP contribution < -0.4 is 9.62 Å². The first-order valence-corrected chi connectivity index (χ1v) is 10.7. The normalized spacial score (nSPS) is 11.3. The Bertz CT molecular complexity index is 905. The van der Waals surface area contributed by atoms with E-state index in [0.717, 1.165) is 28.6 Å². The van der Waals surface area contributed by atoms with Gasteiger partial charge < -0.3 is 5.32 Å². The van der Waals surface area contributed by atoms with E-state index < -0.39 is 28.3 Å². The fraction of sp³-hybridized carbons (Fsp3) is 0.278. The second-order valence-electron chi connectivity index (χ2n) is 5.95. The Labute approximate surface area is 168 Å². The molecule has 2 aromatic carbocycles. The molecular formula is C18H19Cl2FN2O3S. The highest BCUT2D eigenvalue weighted by Crippen LogP contribution is 2.24. The molecule has 0 aliphatic rings. The van der Waals surface area contributed by atoms with Crippen LogP contribution in [0.5, 0.6) is 0 Å². The Morgan fingerprint density at radius 3 is 2.41 bits per heavy atom. The Morgan fingerprint density at radius 1 is 1.15 bits per heavy atom. The zero-order valence-electron chi connectivity index (χ0n) is 14.6. The van der Waals surface area contributed by atoms with E-state index >= 15 is 0 Å². The Morgan fingerprint density at radius 2 is 1.81 bits per heavy atom. The zero-order valence-corrected chi connectivity index (χ0v) is 16.9. The van der Waals surface area contributed by atoms with Crippen molar-refractivity contribution in [3.63, 3.8) is 0 Å². The van der Waals surface area contributed by atoms with Gasteiger partial charge >= 0.3 is 0 Å². The molecule has 0 atom stereocenters. The van der Waals surface area contributed by atoms with Crippen molar-refractivity contribution in [1.82, 2.24) is 5.32 Å². The fourth-order valence-corrected chi connectivity index (χ4v) is 3.55. The predicted octanol–water partition coefficient (Wildman–Crippen LogP) is 3.65. The van der Waals surface area contributed by atoms with Crippen LogP contribution in [0.1, 0.15) is 12.0 Å². The molecule has 0 saturated carbocycles. The maximum atomic E-state index is 13.3. The van der Waals surface area contributed by atoms with E-state index in [9.17, 15) is 17.6 Å². The number of rotatable bonds is 8. The molecule has 1 N–H and O–H groups in total. The first-order valence-electron chi connectivity index (χ1n) is 8.11. The topological polar surface area (TPSA) is 66.5 Å². The second-order valence-corrected chi connectivity index (χ2v) is 8.70. The lowest BCUT2D eigenvalue weighted by atomic mass is 10.1. The number of hydrogen-bond acceptors (Lipinski definition) is 3. The number of sulfonamides is 1. The third-order valence-corrected chi connectivity index (χ3v) is 5.44. The number of anilines is 1. The van der Waals surface area contributed by atoms with Crippen molar-refractivity contribution in [2.45, 2.75) is 12.8 Å². The minimum Gasteiger partial charge on any atom is -0.355 e. The van der Waals surface area contributed by atoms with Crippen LogP contribution in [0.4, 0.5) is 10.1 Å². The van der Waals surface area contributed by atoms with Gasteiger partial charge in [-0.05, 0) is 48.7 Å². The van der Waals surface area contributed by atoms with Gasteiger partial charge in [0, 0.05) is 11.6 Å². The van der Waals surface area contributed by atoms with E-state index in [1.54, 1.807) is 12.1 Å². The number of hydrogen-bond donors (Lipinski definition) is 1. The van der Waals surface area contributed by atoms with Gasteiger partial charge in [-0.15, -0.1) is 0 Å². The molecule has 0 aliphatic carbocycles. The summed E-state index contributed by atoms with van der Waals surface area (Å²) < 4.78 is 38.2. The first-order chi connectivity index (χ1) is 12.7. The predicted molar refractivity (Wildman–Crippen MR) is 106 cm³/mol. The second kappa shape index (κ2) is 9.39. The highest BCUT2D eigenvalue weighted by atomic mass is 35.5. The van der Waals surface area contributed by atoms with Gasteiger partial charge in [-0.2, -0.15) is 0 Å². The van der Waals surface area contributed by atoms with E-state index in [1.165, 1.54) is 12.1 Å². The Hall–Kier alpha value is -1.83. The van der Waals surface area contributed by atoms with Crippen LogP contribution in [0.25, 0.3) is 0 Å². The highest BCUT2D eigenvalue weighted by Gasteiger charge is 2.21. The lowest BCUT2D eigenvalue weighted by Gasteiger charge is -2.22. The molecule has 0 aromatic heterocycles. The molecule has 1 amide bonds. The standard InChI is InChI=1S/C18H19Cl2FN2O3S/c1-27(25,26)23(15-8-9-17(21)16(20)11-15)12-18(24)22-10-2-3-13-4-6-14(19)7-5-13/h4-9,11H,2-3,10,12H2,1H3,(H,22,24). The Kier molecular flexibility index (Phi) is 7.47. The van der Waals surface area contributed by atoms with Crippen molar-refractivity contribution in [3.05, 3.63) is 63.9 Å². The third kappa shape index (κ3) is 6.68. The van der Waals surface area contributed by atoms with Crippen LogP contribution in [-0.4, -0.2) is 33.7 Å². The number of amides is 1. The van der Waals surface area contributed by atoms with E-state index in [2.05, 4.69) is 5.32 Å². The lowest BCUT2D eigenvalue weighted by molar-refractivity contribution is -0.119. The summed E-state index contributed by atoms with van der Waals surface area (Å²) in [7, 11) is -3.74. The number of aryl methyl sites for hydroxylation is 1. The number of halogens is 3. The molecule has 0 unspecified atom stereocenters. The van der Waals surface area contributed by atoms with Crippen LogP contribution in [0.2, 0.25) is 10.0 Å². The maximum absolute atomic E-state index is 13.3. The highest BCUT2D eigenvalue weighted by molar-refractivity contribution is 7.92. The average molecular weight is 433 g/mol. The van der Waals surface area contributed by atoms with Crippen molar-refractivity contribution >= 4 is 44.8 Å². The quantitative estimate of drug-likeness (QED) is 0.647.